The van der Waals surface area contributed by atoms with Crippen molar-refractivity contribution in [2.24, 2.45) is 5.92 Å². The van der Waals surface area contributed by atoms with Crippen molar-refractivity contribution in [2.75, 3.05) is 13.1 Å². The van der Waals surface area contributed by atoms with Crippen LogP contribution in [0.15, 0.2) is 6.20 Å². The van der Waals surface area contributed by atoms with Gasteiger partial charge in [-0.15, -0.1) is 0 Å². The lowest BCUT2D eigenvalue weighted by molar-refractivity contribution is -0.142. The maximum Gasteiger partial charge on any atom is 0.308 e. The molecule has 0 aliphatic carbocycles. The number of piperidine rings is 1. The largest absolute Gasteiger partial charge is 0.481 e. The van der Waals surface area contributed by atoms with Crippen LogP contribution in [0, 0.1) is 5.92 Å². The molecule has 5 nitrogen and oxygen atoms in total. The van der Waals surface area contributed by atoms with Crippen LogP contribution in [0.1, 0.15) is 44.1 Å². The van der Waals surface area contributed by atoms with Crippen molar-refractivity contribution in [2.45, 2.75) is 58.0 Å². The number of carboxylic acids is 1. The van der Waals surface area contributed by atoms with Crippen molar-refractivity contribution >= 4 is 5.97 Å². The van der Waals surface area contributed by atoms with E-state index in [4.69, 9.17) is 10.1 Å². The van der Waals surface area contributed by atoms with Crippen molar-refractivity contribution in [1.29, 1.82) is 0 Å². The number of hydrogen-bond donors (Lipinski definition) is 1. The van der Waals surface area contributed by atoms with E-state index in [2.05, 4.69) is 22.6 Å². The molecule has 0 spiro atoms. The van der Waals surface area contributed by atoms with E-state index in [1.54, 1.807) is 0 Å². The molecule has 1 saturated heterocycles. The smallest absolute Gasteiger partial charge is 0.308 e. The van der Waals surface area contributed by atoms with Gasteiger partial charge in [0.1, 0.15) is 5.82 Å². The van der Waals surface area contributed by atoms with Gasteiger partial charge in [-0.25, -0.2) is 4.98 Å². The number of aromatic nitrogens is 2. The Morgan fingerprint density at radius 2 is 2.29 bits per heavy atom. The zero-order chi connectivity index (χ0) is 14.8. The van der Waals surface area contributed by atoms with E-state index in [1.807, 2.05) is 0 Å². The molecule has 2 unspecified atom stereocenters. The number of aliphatic carboxylic acids is 1. The molecule has 0 radical (unpaired) electrons. The summed E-state index contributed by atoms with van der Waals surface area (Å²) in [6.07, 6.45) is 8.49. The number of carboxylic acid groups (broad SMARTS) is 1. The molecule has 1 aromatic heterocycles. The van der Waals surface area contributed by atoms with Crippen LogP contribution in [0.5, 0.6) is 0 Å². The highest BCUT2D eigenvalue weighted by Crippen LogP contribution is 2.23. The summed E-state index contributed by atoms with van der Waals surface area (Å²) in [5.74, 6) is 0.142. The van der Waals surface area contributed by atoms with E-state index >= 15 is 0 Å². The van der Waals surface area contributed by atoms with E-state index in [1.165, 1.54) is 25.8 Å². The maximum atomic E-state index is 11.1. The number of aryl methyl sites for hydroxylation is 1. The Bertz CT molecular complexity index is 512. The number of carbonyl (C=O) groups is 1. The van der Waals surface area contributed by atoms with Crippen LogP contribution in [0.3, 0.4) is 0 Å². The number of nitrogens with zero attached hydrogens (tertiary/aromatic N) is 3. The second-order valence-electron chi connectivity index (χ2n) is 6.36. The molecule has 1 aromatic rings. The lowest BCUT2D eigenvalue weighted by Crippen LogP contribution is -2.40. The van der Waals surface area contributed by atoms with Gasteiger partial charge in [0.05, 0.1) is 11.6 Å². The highest BCUT2D eigenvalue weighted by molar-refractivity contribution is 5.70. The predicted octanol–water partition coefficient (Wildman–Crippen LogP) is 1.95. The second kappa shape index (κ2) is 6.18. The summed E-state index contributed by atoms with van der Waals surface area (Å²) >= 11 is 0. The van der Waals surface area contributed by atoms with Gasteiger partial charge in [-0.1, -0.05) is 13.3 Å². The van der Waals surface area contributed by atoms with Crippen LogP contribution in [0.2, 0.25) is 0 Å². The van der Waals surface area contributed by atoms with E-state index in [0.29, 0.717) is 12.6 Å². The Morgan fingerprint density at radius 1 is 1.43 bits per heavy atom. The molecule has 2 atom stereocenters. The molecule has 116 valence electrons. The fourth-order valence-corrected chi connectivity index (χ4v) is 3.75. The molecule has 3 rings (SSSR count). The molecule has 0 bridgehead atoms. The fourth-order valence-electron chi connectivity index (χ4n) is 3.75. The third-order valence-electron chi connectivity index (χ3n) is 4.99. The molecule has 0 amide bonds. The van der Waals surface area contributed by atoms with Gasteiger partial charge in [0.25, 0.3) is 0 Å². The van der Waals surface area contributed by atoms with Gasteiger partial charge in [0, 0.05) is 31.6 Å². The topological polar surface area (TPSA) is 58.4 Å². The first-order valence-corrected chi connectivity index (χ1v) is 8.19. The van der Waals surface area contributed by atoms with Gasteiger partial charge >= 0.3 is 5.97 Å². The highest BCUT2D eigenvalue weighted by atomic mass is 16.4. The zero-order valence-electron chi connectivity index (χ0n) is 12.8. The second-order valence-corrected chi connectivity index (χ2v) is 6.36. The monoisotopic (exact) mass is 291 g/mol. The maximum absolute atomic E-state index is 11.1. The Labute approximate surface area is 126 Å². The minimum atomic E-state index is -0.680. The van der Waals surface area contributed by atoms with Crippen molar-refractivity contribution in [3.05, 3.63) is 17.7 Å². The van der Waals surface area contributed by atoms with Gasteiger partial charge in [0.2, 0.25) is 0 Å². The average Bonchev–Trinajstić information content (AvgIpc) is 2.89. The van der Waals surface area contributed by atoms with Gasteiger partial charge < -0.3 is 14.6 Å². The molecular formula is C16H25N3O2. The summed E-state index contributed by atoms with van der Waals surface area (Å²) in [5, 5.41) is 9.16. The van der Waals surface area contributed by atoms with Crippen LogP contribution in [-0.2, 0) is 24.2 Å². The molecule has 3 heterocycles. The standard InChI is InChI=1S/C16H25N3O2/c1-2-18-8-4-3-5-14(18)9-13-11-19-10-12(16(20)21)6-7-15(19)17-13/h11-12,14H,2-10H2,1H3,(H,20,21). The average molecular weight is 291 g/mol. The molecule has 0 aromatic carbocycles. The van der Waals surface area contributed by atoms with E-state index in [0.717, 1.165) is 37.3 Å². The summed E-state index contributed by atoms with van der Waals surface area (Å²) in [6, 6.07) is 0.607. The molecular weight excluding hydrogens is 266 g/mol. The highest BCUT2D eigenvalue weighted by Gasteiger charge is 2.27. The lowest BCUT2D eigenvalue weighted by Gasteiger charge is -2.34. The summed E-state index contributed by atoms with van der Waals surface area (Å²) in [4.78, 5) is 18.4. The van der Waals surface area contributed by atoms with Gasteiger partial charge in [-0.2, -0.15) is 0 Å². The Morgan fingerprint density at radius 3 is 3.05 bits per heavy atom. The number of fused-ring (bicyclic) bond motifs is 1. The van der Waals surface area contributed by atoms with E-state index in [-0.39, 0.29) is 5.92 Å². The molecule has 5 heteroatoms. The van der Waals surface area contributed by atoms with E-state index in [9.17, 15) is 4.79 Å². The van der Waals surface area contributed by atoms with Crippen LogP contribution < -0.4 is 0 Å². The predicted molar refractivity (Wildman–Crippen MR) is 80.3 cm³/mol. The summed E-state index contributed by atoms with van der Waals surface area (Å²) in [7, 11) is 0. The van der Waals surface area contributed by atoms with Gasteiger partial charge in [-0.05, 0) is 32.4 Å². The van der Waals surface area contributed by atoms with Gasteiger partial charge in [-0.3, -0.25) is 4.79 Å². The molecule has 1 N–H and O–H groups in total. The number of likely N-dealkylation sites (tertiary alicyclic amines) is 1. The van der Waals surface area contributed by atoms with E-state index < -0.39 is 5.97 Å². The first-order valence-electron chi connectivity index (χ1n) is 8.19. The lowest BCUT2D eigenvalue weighted by atomic mass is 9.98. The van der Waals surface area contributed by atoms with Crippen LogP contribution in [0.25, 0.3) is 0 Å². The first-order chi connectivity index (χ1) is 10.2. The number of likely N-dealkylation sites (N-methyl/N-ethyl adjacent to an activating group) is 1. The van der Waals surface area contributed by atoms with Crippen molar-refractivity contribution < 1.29 is 9.90 Å². The Kier molecular flexibility index (Phi) is 4.29. The first kappa shape index (κ1) is 14.6. The van der Waals surface area contributed by atoms with Crippen LogP contribution >= 0.6 is 0 Å². The van der Waals surface area contributed by atoms with Crippen molar-refractivity contribution in [3.63, 3.8) is 0 Å². The Hall–Kier alpha value is -1.36. The van der Waals surface area contributed by atoms with Crippen LogP contribution in [-0.4, -0.2) is 44.7 Å². The minimum absolute atomic E-state index is 0.249. The third-order valence-corrected chi connectivity index (χ3v) is 4.99. The van der Waals surface area contributed by atoms with Gasteiger partial charge in [0.15, 0.2) is 0 Å². The van der Waals surface area contributed by atoms with Crippen LogP contribution in [0.4, 0.5) is 0 Å². The third kappa shape index (κ3) is 3.12. The molecule has 0 saturated carbocycles. The fraction of sp³-hybridized carbons (Fsp3) is 0.750. The molecule has 2 aliphatic rings. The molecule has 1 fully saturated rings. The number of hydrogen-bond acceptors (Lipinski definition) is 3. The summed E-state index contributed by atoms with van der Waals surface area (Å²) in [6.45, 7) is 5.13. The molecule has 21 heavy (non-hydrogen) atoms. The number of imidazole rings is 1. The summed E-state index contributed by atoms with van der Waals surface area (Å²) in [5.41, 5.74) is 1.14. The number of rotatable bonds is 4. The van der Waals surface area contributed by atoms with Crippen molar-refractivity contribution in [3.8, 4) is 0 Å². The Balaban J connectivity index is 1.69. The minimum Gasteiger partial charge on any atom is -0.481 e. The van der Waals surface area contributed by atoms with Crippen molar-refractivity contribution in [1.82, 2.24) is 14.5 Å². The SMILES string of the molecule is CCN1CCCCC1Cc1cn2c(n1)CCC(C(=O)O)C2. The normalized spacial score (nSPS) is 26.5. The molecule has 2 aliphatic heterocycles. The quantitative estimate of drug-likeness (QED) is 0.921. The summed E-state index contributed by atoms with van der Waals surface area (Å²) < 4.78 is 2.07. The zero-order valence-corrected chi connectivity index (χ0v) is 12.8.